The monoisotopic (exact) mass is 295 g/mol. The number of esters is 1. The number of carbonyl (C=O) groups is 2. The van der Waals surface area contributed by atoms with Gasteiger partial charge in [0.05, 0.1) is 23.4 Å². The molecule has 98 valence electrons. The summed E-state index contributed by atoms with van der Waals surface area (Å²) in [5.41, 5.74) is 0.771. The van der Waals surface area contributed by atoms with Gasteiger partial charge in [0.1, 0.15) is 4.88 Å². The lowest BCUT2D eigenvalue weighted by molar-refractivity contribution is 0.0607. The lowest BCUT2D eigenvalue weighted by Gasteiger charge is -2.06. The largest absolute Gasteiger partial charge is 0.465 e. The number of nitrogens with one attached hydrogen (secondary N) is 1. The van der Waals surface area contributed by atoms with Crippen molar-refractivity contribution >= 4 is 40.5 Å². The van der Waals surface area contributed by atoms with E-state index in [0.29, 0.717) is 21.2 Å². The molecular weight excluding hydrogens is 286 g/mol. The van der Waals surface area contributed by atoms with E-state index in [1.54, 1.807) is 35.7 Å². The molecule has 0 radical (unpaired) electrons. The van der Waals surface area contributed by atoms with Crippen molar-refractivity contribution in [1.29, 1.82) is 0 Å². The van der Waals surface area contributed by atoms with Crippen molar-refractivity contribution in [2.24, 2.45) is 0 Å². The van der Waals surface area contributed by atoms with Gasteiger partial charge in [-0.15, -0.1) is 11.3 Å². The van der Waals surface area contributed by atoms with E-state index in [0.717, 1.165) is 0 Å². The Morgan fingerprint density at radius 1 is 1.26 bits per heavy atom. The van der Waals surface area contributed by atoms with Gasteiger partial charge < -0.3 is 10.1 Å². The van der Waals surface area contributed by atoms with E-state index in [2.05, 4.69) is 10.1 Å². The summed E-state index contributed by atoms with van der Waals surface area (Å²) in [5, 5.41) is 4.71. The number of amides is 1. The van der Waals surface area contributed by atoms with Gasteiger partial charge in [0.25, 0.3) is 5.91 Å². The highest BCUT2D eigenvalue weighted by Crippen LogP contribution is 2.24. The molecule has 1 amide bonds. The van der Waals surface area contributed by atoms with Crippen molar-refractivity contribution in [2.75, 3.05) is 12.4 Å². The number of halogens is 1. The molecule has 0 saturated heterocycles. The average molecular weight is 296 g/mol. The maximum atomic E-state index is 12.1. The predicted octanol–water partition coefficient (Wildman–Crippen LogP) is 3.44. The van der Waals surface area contributed by atoms with Crippen LogP contribution in [0.2, 0.25) is 5.02 Å². The average Bonchev–Trinajstić information content (AvgIpc) is 2.86. The SMILES string of the molecule is COC(=O)c1sccc1NC(=O)c1ccccc1Cl. The van der Waals surface area contributed by atoms with Crippen LogP contribution in [0.15, 0.2) is 35.7 Å². The van der Waals surface area contributed by atoms with Gasteiger partial charge in [0.2, 0.25) is 0 Å². The molecular formula is C13H10ClNO3S. The third-order valence-corrected chi connectivity index (χ3v) is 3.63. The van der Waals surface area contributed by atoms with E-state index >= 15 is 0 Å². The molecule has 1 aromatic carbocycles. The van der Waals surface area contributed by atoms with Crippen molar-refractivity contribution in [3.63, 3.8) is 0 Å². The molecule has 0 saturated carbocycles. The zero-order valence-electron chi connectivity index (χ0n) is 9.98. The van der Waals surface area contributed by atoms with E-state index in [-0.39, 0.29) is 5.91 Å². The first-order valence-electron chi connectivity index (χ1n) is 5.35. The van der Waals surface area contributed by atoms with Crippen LogP contribution in [-0.4, -0.2) is 19.0 Å². The quantitative estimate of drug-likeness (QED) is 0.883. The molecule has 19 heavy (non-hydrogen) atoms. The number of carbonyl (C=O) groups excluding carboxylic acids is 2. The summed E-state index contributed by atoms with van der Waals surface area (Å²) in [5.74, 6) is -0.849. The Morgan fingerprint density at radius 2 is 2.00 bits per heavy atom. The Hall–Kier alpha value is -1.85. The molecule has 0 unspecified atom stereocenters. The summed E-state index contributed by atoms with van der Waals surface area (Å²) in [4.78, 5) is 23.9. The minimum absolute atomic E-state index is 0.350. The molecule has 1 aromatic heterocycles. The lowest BCUT2D eigenvalue weighted by atomic mass is 10.2. The first-order valence-corrected chi connectivity index (χ1v) is 6.61. The zero-order valence-corrected chi connectivity index (χ0v) is 11.5. The second kappa shape index (κ2) is 5.86. The van der Waals surface area contributed by atoms with Gasteiger partial charge in [-0.3, -0.25) is 4.79 Å². The first-order chi connectivity index (χ1) is 9.13. The molecule has 6 heteroatoms. The van der Waals surface area contributed by atoms with Crippen molar-refractivity contribution in [1.82, 2.24) is 0 Å². The normalized spacial score (nSPS) is 10.0. The fourth-order valence-electron chi connectivity index (χ4n) is 1.49. The van der Waals surface area contributed by atoms with Crippen LogP contribution in [0, 0.1) is 0 Å². The van der Waals surface area contributed by atoms with Gasteiger partial charge >= 0.3 is 5.97 Å². The highest BCUT2D eigenvalue weighted by molar-refractivity contribution is 7.12. The van der Waals surface area contributed by atoms with Crippen molar-refractivity contribution in [3.8, 4) is 0 Å². The van der Waals surface area contributed by atoms with Crippen LogP contribution < -0.4 is 5.32 Å². The lowest BCUT2D eigenvalue weighted by Crippen LogP contribution is -2.14. The maximum absolute atomic E-state index is 12.1. The van der Waals surface area contributed by atoms with Gasteiger partial charge in [-0.1, -0.05) is 23.7 Å². The number of anilines is 1. The number of methoxy groups -OCH3 is 1. The Balaban J connectivity index is 2.23. The molecule has 2 aromatic rings. The van der Waals surface area contributed by atoms with Gasteiger partial charge in [-0.2, -0.15) is 0 Å². The maximum Gasteiger partial charge on any atom is 0.350 e. The molecule has 2 rings (SSSR count). The Kier molecular flexibility index (Phi) is 4.19. The molecule has 4 nitrogen and oxygen atoms in total. The van der Waals surface area contributed by atoms with E-state index in [9.17, 15) is 9.59 Å². The van der Waals surface area contributed by atoms with Crippen molar-refractivity contribution in [3.05, 3.63) is 51.2 Å². The van der Waals surface area contributed by atoms with Gasteiger partial charge in [-0.25, -0.2) is 4.79 Å². The second-order valence-corrected chi connectivity index (χ2v) is 4.91. The Morgan fingerprint density at radius 3 is 2.68 bits per heavy atom. The Labute approximate surface area is 119 Å². The molecule has 0 aliphatic carbocycles. The summed E-state index contributed by atoms with van der Waals surface area (Å²) in [6, 6.07) is 8.35. The van der Waals surface area contributed by atoms with Gasteiger partial charge in [-0.05, 0) is 23.6 Å². The van der Waals surface area contributed by atoms with Crippen LogP contribution in [0.25, 0.3) is 0 Å². The zero-order chi connectivity index (χ0) is 13.8. The number of hydrogen-bond donors (Lipinski definition) is 1. The number of thiophene rings is 1. The molecule has 0 aliphatic heterocycles. The standard InChI is InChI=1S/C13H10ClNO3S/c1-18-13(17)11-10(6-7-19-11)15-12(16)8-4-2-3-5-9(8)14/h2-7H,1H3,(H,15,16). The van der Waals surface area contributed by atoms with Crippen LogP contribution in [0.5, 0.6) is 0 Å². The van der Waals surface area contributed by atoms with E-state index in [1.165, 1.54) is 18.4 Å². The van der Waals surface area contributed by atoms with Crippen LogP contribution in [0.4, 0.5) is 5.69 Å². The van der Waals surface area contributed by atoms with Gasteiger partial charge in [0, 0.05) is 0 Å². The number of hydrogen-bond acceptors (Lipinski definition) is 4. The fraction of sp³-hybridized carbons (Fsp3) is 0.0769. The smallest absolute Gasteiger partial charge is 0.350 e. The summed E-state index contributed by atoms with van der Waals surface area (Å²) >= 11 is 7.14. The number of rotatable bonds is 3. The fourth-order valence-corrected chi connectivity index (χ4v) is 2.48. The molecule has 1 N–H and O–H groups in total. The topological polar surface area (TPSA) is 55.4 Å². The highest BCUT2D eigenvalue weighted by atomic mass is 35.5. The number of benzene rings is 1. The first kappa shape index (κ1) is 13.6. The third-order valence-electron chi connectivity index (χ3n) is 2.40. The highest BCUT2D eigenvalue weighted by Gasteiger charge is 2.17. The summed E-state index contributed by atoms with van der Waals surface area (Å²) in [6.45, 7) is 0. The van der Waals surface area contributed by atoms with E-state index in [4.69, 9.17) is 11.6 Å². The molecule has 0 aliphatic rings. The summed E-state index contributed by atoms with van der Waals surface area (Å²) < 4.78 is 4.64. The minimum atomic E-state index is -0.482. The van der Waals surface area contributed by atoms with Crippen molar-refractivity contribution < 1.29 is 14.3 Å². The van der Waals surface area contributed by atoms with Crippen molar-refractivity contribution in [2.45, 2.75) is 0 Å². The van der Waals surface area contributed by atoms with Gasteiger partial charge in [0.15, 0.2) is 0 Å². The summed E-state index contributed by atoms with van der Waals surface area (Å²) in [6.07, 6.45) is 0. The molecule has 0 bridgehead atoms. The van der Waals surface area contributed by atoms with Crippen LogP contribution in [-0.2, 0) is 4.74 Å². The third kappa shape index (κ3) is 2.94. The second-order valence-electron chi connectivity index (χ2n) is 3.59. The van der Waals surface area contributed by atoms with Crippen LogP contribution in [0.1, 0.15) is 20.0 Å². The molecule has 0 atom stereocenters. The summed E-state index contributed by atoms with van der Waals surface area (Å²) in [7, 11) is 1.29. The van der Waals surface area contributed by atoms with E-state index in [1.807, 2.05) is 0 Å². The Bertz CT molecular complexity index is 624. The molecule has 1 heterocycles. The van der Waals surface area contributed by atoms with E-state index < -0.39 is 5.97 Å². The van der Waals surface area contributed by atoms with Crippen LogP contribution in [0.3, 0.4) is 0 Å². The minimum Gasteiger partial charge on any atom is -0.465 e. The number of ether oxygens (including phenoxy) is 1. The predicted molar refractivity (Wildman–Crippen MR) is 75.1 cm³/mol. The molecule has 0 fully saturated rings. The molecule has 0 spiro atoms. The van der Waals surface area contributed by atoms with Crippen LogP contribution >= 0.6 is 22.9 Å².